The van der Waals surface area contributed by atoms with E-state index in [1.807, 2.05) is 6.92 Å². The molecule has 0 radical (unpaired) electrons. The van der Waals surface area contributed by atoms with Crippen LogP contribution in [0, 0.1) is 5.41 Å². The highest BCUT2D eigenvalue weighted by Gasteiger charge is 2.48. The molecule has 2 aliphatic rings. The Hall–Kier alpha value is -1.30. The number of amidine groups is 1. The molecular formula is C12H21N3O3. The van der Waals surface area contributed by atoms with Gasteiger partial charge in [0.1, 0.15) is 5.41 Å². The summed E-state index contributed by atoms with van der Waals surface area (Å²) in [5.41, 5.74) is 4.99. The zero-order valence-electron chi connectivity index (χ0n) is 10.8. The number of morpholine rings is 1. The molecule has 1 heterocycles. The first-order chi connectivity index (χ1) is 8.60. The molecule has 2 fully saturated rings. The van der Waals surface area contributed by atoms with Gasteiger partial charge in [0.15, 0.2) is 5.84 Å². The lowest BCUT2D eigenvalue weighted by molar-refractivity contribution is -0.145. The summed E-state index contributed by atoms with van der Waals surface area (Å²) < 4.78 is 5.44. The van der Waals surface area contributed by atoms with E-state index in [4.69, 9.17) is 15.7 Å². The highest BCUT2D eigenvalue weighted by molar-refractivity contribution is 6.07. The lowest BCUT2D eigenvalue weighted by Gasteiger charge is -2.37. The van der Waals surface area contributed by atoms with Gasteiger partial charge in [-0.15, -0.1) is 0 Å². The number of rotatable bonds is 2. The van der Waals surface area contributed by atoms with Crippen molar-refractivity contribution >= 4 is 11.7 Å². The summed E-state index contributed by atoms with van der Waals surface area (Å²) in [7, 11) is 0. The van der Waals surface area contributed by atoms with Gasteiger partial charge in [-0.05, 0) is 19.8 Å². The SMILES string of the molecule is CC1CN(C(=O)C2(C(N)=NO)CCCC2)CCO1. The summed E-state index contributed by atoms with van der Waals surface area (Å²) in [6.45, 7) is 3.67. The minimum atomic E-state index is -0.786. The first kappa shape index (κ1) is 13.1. The van der Waals surface area contributed by atoms with Gasteiger partial charge in [0.25, 0.3) is 0 Å². The number of amides is 1. The van der Waals surface area contributed by atoms with Gasteiger partial charge in [0.05, 0.1) is 12.7 Å². The summed E-state index contributed by atoms with van der Waals surface area (Å²) >= 11 is 0. The molecule has 3 N–H and O–H groups in total. The third-order valence-electron chi connectivity index (χ3n) is 3.99. The molecule has 0 aromatic heterocycles. The van der Waals surface area contributed by atoms with Gasteiger partial charge >= 0.3 is 0 Å². The van der Waals surface area contributed by atoms with Crippen LogP contribution in [-0.4, -0.2) is 47.7 Å². The predicted octanol–water partition coefficient (Wildman–Crippen LogP) is 0.540. The number of carbonyl (C=O) groups excluding carboxylic acids is 1. The number of hydrogen-bond donors (Lipinski definition) is 2. The van der Waals surface area contributed by atoms with E-state index in [1.165, 1.54) is 0 Å². The van der Waals surface area contributed by atoms with Crippen LogP contribution < -0.4 is 5.73 Å². The van der Waals surface area contributed by atoms with Crippen molar-refractivity contribution in [1.82, 2.24) is 4.90 Å². The smallest absolute Gasteiger partial charge is 0.236 e. The van der Waals surface area contributed by atoms with E-state index in [0.717, 1.165) is 12.8 Å². The Morgan fingerprint density at radius 1 is 1.50 bits per heavy atom. The monoisotopic (exact) mass is 255 g/mol. The van der Waals surface area contributed by atoms with E-state index in [0.29, 0.717) is 32.5 Å². The minimum Gasteiger partial charge on any atom is -0.409 e. The Kier molecular flexibility index (Phi) is 3.75. The molecule has 0 bridgehead atoms. The van der Waals surface area contributed by atoms with E-state index >= 15 is 0 Å². The fourth-order valence-electron chi connectivity index (χ4n) is 2.96. The molecule has 1 saturated heterocycles. The topological polar surface area (TPSA) is 88.2 Å². The number of ether oxygens (including phenoxy) is 1. The molecule has 1 aliphatic carbocycles. The van der Waals surface area contributed by atoms with Crippen molar-refractivity contribution in [3.8, 4) is 0 Å². The van der Waals surface area contributed by atoms with Crippen molar-refractivity contribution in [2.45, 2.75) is 38.7 Å². The van der Waals surface area contributed by atoms with E-state index in [9.17, 15) is 4.79 Å². The molecule has 0 aromatic rings. The highest BCUT2D eigenvalue weighted by Crippen LogP contribution is 2.40. The second-order valence-electron chi connectivity index (χ2n) is 5.21. The summed E-state index contributed by atoms with van der Waals surface area (Å²) in [4.78, 5) is 14.5. The molecular weight excluding hydrogens is 234 g/mol. The minimum absolute atomic E-state index is 0.00884. The Labute approximate surface area is 107 Å². The molecule has 1 aliphatic heterocycles. The van der Waals surface area contributed by atoms with Gasteiger partial charge in [-0.25, -0.2) is 0 Å². The molecule has 1 atom stereocenters. The van der Waals surface area contributed by atoms with E-state index in [-0.39, 0.29) is 17.8 Å². The van der Waals surface area contributed by atoms with Crippen molar-refractivity contribution in [3.05, 3.63) is 0 Å². The predicted molar refractivity (Wildman–Crippen MR) is 66.3 cm³/mol. The molecule has 2 rings (SSSR count). The summed E-state index contributed by atoms with van der Waals surface area (Å²) in [5.74, 6) is 0.0506. The van der Waals surface area contributed by atoms with Gasteiger partial charge in [-0.1, -0.05) is 18.0 Å². The molecule has 6 heteroatoms. The van der Waals surface area contributed by atoms with Crippen molar-refractivity contribution in [2.75, 3.05) is 19.7 Å². The molecule has 1 unspecified atom stereocenters. The fourth-order valence-corrected chi connectivity index (χ4v) is 2.96. The van der Waals surface area contributed by atoms with Crippen molar-refractivity contribution < 1.29 is 14.7 Å². The van der Waals surface area contributed by atoms with Crippen LogP contribution in [0.4, 0.5) is 0 Å². The Morgan fingerprint density at radius 2 is 2.17 bits per heavy atom. The Bertz CT molecular complexity index is 350. The molecule has 0 spiro atoms. The highest BCUT2D eigenvalue weighted by atomic mass is 16.5. The van der Waals surface area contributed by atoms with Crippen LogP contribution >= 0.6 is 0 Å². The zero-order chi connectivity index (χ0) is 13.2. The standard InChI is InChI=1S/C12H21N3O3/c1-9-8-15(6-7-18-9)11(16)12(10(13)14-17)4-2-3-5-12/h9,17H,2-8H2,1H3,(H2,13,14). The normalized spacial score (nSPS) is 28.4. The second-order valence-corrected chi connectivity index (χ2v) is 5.21. The number of nitrogens with zero attached hydrogens (tertiary/aromatic N) is 2. The first-order valence-corrected chi connectivity index (χ1v) is 6.49. The molecule has 102 valence electrons. The number of oxime groups is 1. The van der Waals surface area contributed by atoms with Crippen LogP contribution in [0.1, 0.15) is 32.6 Å². The van der Waals surface area contributed by atoms with E-state index in [1.54, 1.807) is 4.90 Å². The average Bonchev–Trinajstić information content (AvgIpc) is 2.87. The third-order valence-corrected chi connectivity index (χ3v) is 3.99. The van der Waals surface area contributed by atoms with Crippen LogP contribution in [0.3, 0.4) is 0 Å². The van der Waals surface area contributed by atoms with Gasteiger partial charge < -0.3 is 20.6 Å². The summed E-state index contributed by atoms with van der Waals surface area (Å²) in [6, 6.07) is 0. The summed E-state index contributed by atoms with van der Waals surface area (Å²) in [6.07, 6.45) is 3.29. The first-order valence-electron chi connectivity index (χ1n) is 6.49. The van der Waals surface area contributed by atoms with Crippen LogP contribution in [-0.2, 0) is 9.53 Å². The number of hydrogen-bond acceptors (Lipinski definition) is 4. The second kappa shape index (κ2) is 5.14. The van der Waals surface area contributed by atoms with Crippen LogP contribution in [0.25, 0.3) is 0 Å². The number of nitrogens with two attached hydrogens (primary N) is 1. The fraction of sp³-hybridized carbons (Fsp3) is 0.833. The van der Waals surface area contributed by atoms with E-state index in [2.05, 4.69) is 5.16 Å². The maximum atomic E-state index is 12.7. The Balaban J connectivity index is 2.18. The quantitative estimate of drug-likeness (QED) is 0.326. The average molecular weight is 255 g/mol. The maximum absolute atomic E-state index is 12.7. The molecule has 0 aromatic carbocycles. The third kappa shape index (κ3) is 2.16. The molecule has 1 amide bonds. The molecule has 6 nitrogen and oxygen atoms in total. The van der Waals surface area contributed by atoms with Gasteiger partial charge in [0.2, 0.25) is 5.91 Å². The van der Waals surface area contributed by atoms with Gasteiger partial charge in [-0.2, -0.15) is 0 Å². The lowest BCUT2D eigenvalue weighted by atomic mass is 9.83. The lowest BCUT2D eigenvalue weighted by Crippen LogP contribution is -2.54. The van der Waals surface area contributed by atoms with Gasteiger partial charge in [0, 0.05) is 13.1 Å². The Morgan fingerprint density at radius 3 is 2.72 bits per heavy atom. The molecule has 1 saturated carbocycles. The maximum Gasteiger partial charge on any atom is 0.236 e. The largest absolute Gasteiger partial charge is 0.409 e. The van der Waals surface area contributed by atoms with Crippen LogP contribution in [0.2, 0.25) is 0 Å². The van der Waals surface area contributed by atoms with Crippen molar-refractivity contribution in [2.24, 2.45) is 16.3 Å². The molecule has 18 heavy (non-hydrogen) atoms. The zero-order valence-corrected chi connectivity index (χ0v) is 10.8. The summed E-state index contributed by atoms with van der Waals surface area (Å²) in [5, 5.41) is 12.0. The van der Waals surface area contributed by atoms with E-state index < -0.39 is 5.41 Å². The van der Waals surface area contributed by atoms with Crippen LogP contribution in [0.15, 0.2) is 5.16 Å². The number of carbonyl (C=O) groups is 1. The van der Waals surface area contributed by atoms with Crippen LogP contribution in [0.5, 0.6) is 0 Å². The van der Waals surface area contributed by atoms with Crippen molar-refractivity contribution in [1.29, 1.82) is 0 Å². The van der Waals surface area contributed by atoms with Gasteiger partial charge in [-0.3, -0.25) is 4.79 Å². The van der Waals surface area contributed by atoms with Crippen molar-refractivity contribution in [3.63, 3.8) is 0 Å².